The average Bonchev–Trinajstić information content (AvgIpc) is 2.70. The first-order valence-electron chi connectivity index (χ1n) is 4.55. The molecule has 1 aromatic rings. The van der Waals surface area contributed by atoms with Gasteiger partial charge in [-0.1, -0.05) is 13.0 Å². The molecule has 3 heteroatoms. The average molecular weight is 192 g/mol. The van der Waals surface area contributed by atoms with Gasteiger partial charge in [-0.25, -0.2) is 4.99 Å². The minimum Gasteiger partial charge on any atom is -0.264 e. The van der Waals surface area contributed by atoms with Gasteiger partial charge in [0.1, 0.15) is 5.84 Å². The molecule has 0 radical (unpaired) electrons. The standard InChI is InChI=1S/C10H12N2S/c1-2-4-10-11-7-8(12-10)9-5-3-6-13-9/h3,5-6H,2,4,7H2,1H3. The minimum absolute atomic E-state index is 0.774. The van der Waals surface area contributed by atoms with Crippen LogP contribution in [0.5, 0.6) is 0 Å². The third-order valence-electron chi connectivity index (χ3n) is 1.95. The van der Waals surface area contributed by atoms with Gasteiger partial charge < -0.3 is 0 Å². The van der Waals surface area contributed by atoms with Crippen molar-refractivity contribution in [3.8, 4) is 0 Å². The number of amidine groups is 1. The summed E-state index contributed by atoms with van der Waals surface area (Å²) in [6.45, 7) is 2.93. The molecule has 0 spiro atoms. The quantitative estimate of drug-likeness (QED) is 0.703. The zero-order valence-electron chi connectivity index (χ0n) is 7.66. The van der Waals surface area contributed by atoms with Crippen molar-refractivity contribution in [2.45, 2.75) is 19.8 Å². The van der Waals surface area contributed by atoms with E-state index in [2.05, 4.69) is 34.4 Å². The number of thiophene rings is 1. The first kappa shape index (κ1) is 8.63. The molecule has 0 aromatic carbocycles. The summed E-state index contributed by atoms with van der Waals surface area (Å²) in [6, 6.07) is 4.16. The van der Waals surface area contributed by atoms with Crippen LogP contribution in [0, 0.1) is 0 Å². The molecule has 0 N–H and O–H groups in total. The summed E-state index contributed by atoms with van der Waals surface area (Å²) in [6.07, 6.45) is 2.13. The summed E-state index contributed by atoms with van der Waals surface area (Å²) in [4.78, 5) is 10.1. The molecule has 0 bridgehead atoms. The zero-order valence-corrected chi connectivity index (χ0v) is 8.47. The van der Waals surface area contributed by atoms with Crippen LogP contribution in [0.15, 0.2) is 27.5 Å². The Morgan fingerprint density at radius 2 is 2.46 bits per heavy atom. The molecule has 2 nitrogen and oxygen atoms in total. The molecule has 0 saturated carbocycles. The number of rotatable bonds is 3. The maximum Gasteiger partial charge on any atom is 0.124 e. The van der Waals surface area contributed by atoms with Crippen LogP contribution < -0.4 is 0 Å². The molecule has 0 atom stereocenters. The first-order chi connectivity index (χ1) is 6.40. The lowest BCUT2D eigenvalue weighted by atomic mass is 10.3. The molecule has 68 valence electrons. The van der Waals surface area contributed by atoms with Gasteiger partial charge in [-0.15, -0.1) is 11.3 Å². The van der Waals surface area contributed by atoms with Crippen molar-refractivity contribution in [3.63, 3.8) is 0 Å². The van der Waals surface area contributed by atoms with Gasteiger partial charge in [-0.2, -0.15) is 0 Å². The fraction of sp³-hybridized carbons (Fsp3) is 0.400. The second kappa shape index (κ2) is 3.83. The highest BCUT2D eigenvalue weighted by atomic mass is 32.1. The monoisotopic (exact) mass is 192 g/mol. The summed E-state index contributed by atoms with van der Waals surface area (Å²) in [7, 11) is 0. The van der Waals surface area contributed by atoms with Crippen LogP contribution in [-0.4, -0.2) is 18.1 Å². The Kier molecular flexibility index (Phi) is 2.54. The fourth-order valence-electron chi connectivity index (χ4n) is 1.33. The van der Waals surface area contributed by atoms with E-state index in [1.807, 2.05) is 0 Å². The first-order valence-corrected chi connectivity index (χ1v) is 5.43. The Hall–Kier alpha value is -0.960. The molecule has 0 fully saturated rings. The molecule has 0 unspecified atom stereocenters. The van der Waals surface area contributed by atoms with Gasteiger partial charge in [0.2, 0.25) is 0 Å². The van der Waals surface area contributed by atoms with Crippen molar-refractivity contribution in [1.29, 1.82) is 0 Å². The van der Waals surface area contributed by atoms with Gasteiger partial charge in [0.05, 0.1) is 17.1 Å². The Balaban J connectivity index is 2.10. The van der Waals surface area contributed by atoms with E-state index < -0.39 is 0 Å². The highest BCUT2D eigenvalue weighted by Gasteiger charge is 2.11. The van der Waals surface area contributed by atoms with Crippen molar-refractivity contribution in [1.82, 2.24) is 0 Å². The molecule has 0 amide bonds. The Morgan fingerprint density at radius 3 is 3.15 bits per heavy atom. The van der Waals surface area contributed by atoms with Crippen molar-refractivity contribution >= 4 is 22.9 Å². The summed E-state index contributed by atoms with van der Waals surface area (Å²) in [5, 5.41) is 2.08. The van der Waals surface area contributed by atoms with Crippen LogP contribution in [0.1, 0.15) is 24.6 Å². The van der Waals surface area contributed by atoms with Crippen LogP contribution in [0.2, 0.25) is 0 Å². The van der Waals surface area contributed by atoms with Crippen LogP contribution in [-0.2, 0) is 0 Å². The lowest BCUT2D eigenvalue weighted by molar-refractivity contribution is 0.983. The smallest absolute Gasteiger partial charge is 0.124 e. The summed E-state index contributed by atoms with van der Waals surface area (Å²) >= 11 is 1.74. The van der Waals surface area contributed by atoms with Gasteiger partial charge in [0.15, 0.2) is 0 Å². The van der Waals surface area contributed by atoms with Crippen LogP contribution in [0.4, 0.5) is 0 Å². The van der Waals surface area contributed by atoms with Crippen molar-refractivity contribution < 1.29 is 0 Å². The molecular formula is C10H12N2S. The van der Waals surface area contributed by atoms with E-state index in [-0.39, 0.29) is 0 Å². The SMILES string of the molecule is CCCC1=NCC(c2cccs2)=N1. The lowest BCUT2D eigenvalue weighted by Crippen LogP contribution is -1.97. The van der Waals surface area contributed by atoms with Gasteiger partial charge in [0.25, 0.3) is 0 Å². The maximum atomic E-state index is 4.50. The number of aliphatic imine (C=N–C) groups is 2. The number of nitrogens with zero attached hydrogens (tertiary/aromatic N) is 2. The summed E-state index contributed by atoms with van der Waals surface area (Å²) in [5.41, 5.74) is 1.14. The third kappa shape index (κ3) is 1.86. The summed E-state index contributed by atoms with van der Waals surface area (Å²) < 4.78 is 0. The van der Waals surface area contributed by atoms with E-state index in [1.165, 1.54) is 4.88 Å². The maximum absolute atomic E-state index is 4.50. The van der Waals surface area contributed by atoms with Crippen molar-refractivity contribution in [2.75, 3.05) is 6.54 Å². The van der Waals surface area contributed by atoms with E-state index in [4.69, 9.17) is 0 Å². The molecule has 1 aromatic heterocycles. The van der Waals surface area contributed by atoms with Gasteiger partial charge >= 0.3 is 0 Å². The Labute approximate surface area is 82.0 Å². The van der Waals surface area contributed by atoms with Gasteiger partial charge in [-0.05, 0) is 17.9 Å². The molecule has 1 aliphatic heterocycles. The summed E-state index contributed by atoms with van der Waals surface area (Å²) in [5.74, 6) is 1.02. The van der Waals surface area contributed by atoms with Crippen LogP contribution in [0.3, 0.4) is 0 Å². The highest BCUT2D eigenvalue weighted by Crippen LogP contribution is 2.14. The van der Waals surface area contributed by atoms with Gasteiger partial charge in [-0.3, -0.25) is 4.99 Å². The second-order valence-electron chi connectivity index (χ2n) is 3.02. The van der Waals surface area contributed by atoms with Crippen molar-refractivity contribution in [2.24, 2.45) is 9.98 Å². The van der Waals surface area contributed by atoms with E-state index in [1.54, 1.807) is 11.3 Å². The minimum atomic E-state index is 0.774. The second-order valence-corrected chi connectivity index (χ2v) is 3.97. The Morgan fingerprint density at radius 1 is 1.54 bits per heavy atom. The molecule has 0 saturated heterocycles. The number of hydrogen-bond donors (Lipinski definition) is 0. The van der Waals surface area contributed by atoms with Crippen molar-refractivity contribution in [3.05, 3.63) is 22.4 Å². The molecule has 2 heterocycles. The molecule has 13 heavy (non-hydrogen) atoms. The molecular weight excluding hydrogens is 180 g/mol. The largest absolute Gasteiger partial charge is 0.264 e. The zero-order chi connectivity index (χ0) is 9.10. The topological polar surface area (TPSA) is 24.7 Å². The lowest BCUT2D eigenvalue weighted by Gasteiger charge is -1.91. The molecule has 0 aliphatic carbocycles. The number of hydrogen-bond acceptors (Lipinski definition) is 3. The third-order valence-corrected chi connectivity index (χ3v) is 2.87. The van der Waals surface area contributed by atoms with Crippen LogP contribution in [0.25, 0.3) is 0 Å². The molecule has 1 aliphatic rings. The van der Waals surface area contributed by atoms with Crippen LogP contribution >= 0.6 is 11.3 Å². The normalized spacial score (nSPS) is 15.8. The highest BCUT2D eigenvalue weighted by molar-refractivity contribution is 7.12. The van der Waals surface area contributed by atoms with E-state index in [0.29, 0.717) is 0 Å². The predicted molar refractivity (Wildman–Crippen MR) is 58.1 cm³/mol. The fourth-order valence-corrected chi connectivity index (χ4v) is 2.03. The van der Waals surface area contributed by atoms with Gasteiger partial charge in [0, 0.05) is 6.42 Å². The van der Waals surface area contributed by atoms with E-state index >= 15 is 0 Å². The predicted octanol–water partition coefficient (Wildman–Crippen LogP) is 2.75. The molecule has 2 rings (SSSR count). The van der Waals surface area contributed by atoms with E-state index in [9.17, 15) is 0 Å². The Bertz CT molecular complexity index is 336. The van der Waals surface area contributed by atoms with E-state index in [0.717, 1.165) is 30.9 Å².